The molecule has 0 amide bonds. The number of carbonyl (C=O) groups excluding carboxylic acids is 1. The maximum Gasteiger partial charge on any atom is 0.331 e. The number of rotatable bonds is 6. The molecule has 1 atom stereocenters. The van der Waals surface area contributed by atoms with Gasteiger partial charge in [0.1, 0.15) is 0 Å². The Morgan fingerprint density at radius 2 is 1.59 bits per heavy atom. The van der Waals surface area contributed by atoms with Gasteiger partial charge in [0, 0.05) is 46.2 Å². The Bertz CT molecular complexity index is 853. The second kappa shape index (κ2) is 8.44. The lowest BCUT2D eigenvalue weighted by Gasteiger charge is -2.55. The summed E-state index contributed by atoms with van der Waals surface area (Å²) in [5.74, 6) is -0.351. The second-order valence-electron chi connectivity index (χ2n) is 7.69. The third-order valence-electron chi connectivity index (χ3n) is 5.36. The van der Waals surface area contributed by atoms with Crippen LogP contribution in [0.4, 0.5) is 0 Å². The number of likely N-dealkylation sites (tertiary alicyclic amines) is 1. The van der Waals surface area contributed by atoms with E-state index in [1.165, 1.54) is 7.11 Å². The first kappa shape index (κ1) is 20.4. The predicted molar refractivity (Wildman–Crippen MR) is 114 cm³/mol. The topological polar surface area (TPSA) is 51.1 Å². The first-order chi connectivity index (χ1) is 14.0. The molecule has 7 heteroatoms. The molecule has 2 saturated heterocycles. The fourth-order valence-electron chi connectivity index (χ4n) is 3.84. The summed E-state index contributed by atoms with van der Waals surface area (Å²) in [5.41, 5.74) is 2.73. The van der Waals surface area contributed by atoms with Gasteiger partial charge in [0.15, 0.2) is 6.04 Å². The zero-order valence-corrected chi connectivity index (χ0v) is 17.6. The smallest absolute Gasteiger partial charge is 0.331 e. The minimum atomic E-state index is -0.625. The number of esters is 1. The molecule has 0 aliphatic carbocycles. The summed E-state index contributed by atoms with van der Waals surface area (Å²) >= 11 is 12.1. The van der Waals surface area contributed by atoms with Crippen molar-refractivity contribution in [3.8, 4) is 0 Å². The maximum absolute atomic E-state index is 12.5. The molecular formula is C22H22Cl2N2O3. The number of ether oxygens (including phenoxy) is 2. The van der Waals surface area contributed by atoms with Gasteiger partial charge in [-0.15, -0.1) is 0 Å². The van der Waals surface area contributed by atoms with Crippen LogP contribution < -0.4 is 0 Å². The lowest BCUT2D eigenvalue weighted by molar-refractivity contribution is -0.190. The highest BCUT2D eigenvalue weighted by atomic mass is 35.5. The van der Waals surface area contributed by atoms with E-state index in [0.717, 1.165) is 37.4 Å². The number of methoxy groups -OCH3 is 1. The SMILES string of the molecule is COC(=O)C(CN1CC2(COC2)C1)N=C(c1ccc(Cl)cc1)c1ccc(Cl)cc1. The highest BCUT2D eigenvalue weighted by molar-refractivity contribution is 6.31. The largest absolute Gasteiger partial charge is 0.467 e. The molecule has 0 saturated carbocycles. The van der Waals surface area contributed by atoms with Crippen molar-refractivity contribution in [3.63, 3.8) is 0 Å². The first-order valence-electron chi connectivity index (χ1n) is 9.46. The molecule has 4 rings (SSSR count). The normalized spacial score (nSPS) is 18.4. The average molecular weight is 433 g/mol. The van der Waals surface area contributed by atoms with E-state index in [1.54, 1.807) is 0 Å². The van der Waals surface area contributed by atoms with Gasteiger partial charge in [-0.1, -0.05) is 47.5 Å². The van der Waals surface area contributed by atoms with Crippen molar-refractivity contribution in [2.75, 3.05) is 40.0 Å². The average Bonchev–Trinajstić information content (AvgIpc) is 2.66. The summed E-state index contributed by atoms with van der Waals surface area (Å²) in [7, 11) is 1.40. The van der Waals surface area contributed by atoms with Crippen molar-refractivity contribution >= 4 is 34.9 Å². The molecule has 0 radical (unpaired) electrons. The molecule has 2 aromatic rings. The Balaban J connectivity index is 1.64. The Hall–Kier alpha value is -1.92. The number of halogens is 2. The van der Waals surface area contributed by atoms with E-state index in [0.29, 0.717) is 22.3 Å². The van der Waals surface area contributed by atoms with Crippen molar-refractivity contribution in [2.24, 2.45) is 10.4 Å². The van der Waals surface area contributed by atoms with Crippen LogP contribution in [0.5, 0.6) is 0 Å². The molecule has 1 unspecified atom stereocenters. The third kappa shape index (κ3) is 4.48. The molecule has 152 valence electrons. The van der Waals surface area contributed by atoms with Crippen LogP contribution in [-0.4, -0.2) is 62.6 Å². The number of nitrogens with zero attached hydrogens (tertiary/aromatic N) is 2. The van der Waals surface area contributed by atoms with Gasteiger partial charge in [0.25, 0.3) is 0 Å². The fraction of sp³-hybridized carbons (Fsp3) is 0.364. The van der Waals surface area contributed by atoms with Crippen molar-refractivity contribution in [3.05, 3.63) is 69.7 Å². The highest BCUT2D eigenvalue weighted by Crippen LogP contribution is 2.37. The summed E-state index contributed by atoms with van der Waals surface area (Å²) in [6.07, 6.45) is 0. The zero-order valence-electron chi connectivity index (χ0n) is 16.1. The van der Waals surface area contributed by atoms with Gasteiger partial charge in [-0.2, -0.15) is 0 Å². The van der Waals surface area contributed by atoms with E-state index in [2.05, 4.69) is 4.90 Å². The van der Waals surface area contributed by atoms with Crippen LogP contribution in [0.1, 0.15) is 11.1 Å². The van der Waals surface area contributed by atoms with E-state index in [9.17, 15) is 4.79 Å². The predicted octanol–water partition coefficient (Wildman–Crippen LogP) is 3.70. The molecule has 0 aromatic heterocycles. The molecule has 2 aromatic carbocycles. The fourth-order valence-corrected chi connectivity index (χ4v) is 4.09. The van der Waals surface area contributed by atoms with Crippen molar-refractivity contribution < 1.29 is 14.3 Å². The van der Waals surface area contributed by atoms with Crippen LogP contribution in [-0.2, 0) is 14.3 Å². The first-order valence-corrected chi connectivity index (χ1v) is 10.2. The highest BCUT2D eigenvalue weighted by Gasteiger charge is 2.49. The molecular weight excluding hydrogens is 411 g/mol. The van der Waals surface area contributed by atoms with Gasteiger partial charge in [0.05, 0.1) is 26.0 Å². The second-order valence-corrected chi connectivity index (χ2v) is 8.57. The molecule has 1 spiro atoms. The summed E-state index contributed by atoms with van der Waals surface area (Å²) in [6.45, 7) is 3.96. The summed E-state index contributed by atoms with van der Waals surface area (Å²) in [6, 6.07) is 14.2. The van der Waals surface area contributed by atoms with Crippen molar-refractivity contribution in [1.82, 2.24) is 4.90 Å². The summed E-state index contributed by atoms with van der Waals surface area (Å²) in [5, 5.41) is 1.28. The van der Waals surface area contributed by atoms with Crippen LogP contribution in [0.3, 0.4) is 0 Å². The van der Waals surface area contributed by atoms with Gasteiger partial charge in [-0.25, -0.2) is 4.79 Å². The quantitative estimate of drug-likeness (QED) is 0.515. The monoisotopic (exact) mass is 432 g/mol. The molecule has 2 heterocycles. The van der Waals surface area contributed by atoms with E-state index in [4.69, 9.17) is 37.7 Å². The molecule has 29 heavy (non-hydrogen) atoms. The van der Waals surface area contributed by atoms with Crippen LogP contribution in [0, 0.1) is 5.41 Å². The van der Waals surface area contributed by atoms with Crippen molar-refractivity contribution in [2.45, 2.75) is 6.04 Å². The zero-order chi connectivity index (χ0) is 20.4. The molecule has 5 nitrogen and oxygen atoms in total. The number of hydrogen-bond donors (Lipinski definition) is 0. The third-order valence-corrected chi connectivity index (χ3v) is 5.86. The number of aliphatic imine (C=N–C) groups is 1. The van der Waals surface area contributed by atoms with Crippen LogP contribution in [0.25, 0.3) is 0 Å². The van der Waals surface area contributed by atoms with E-state index in [-0.39, 0.29) is 11.4 Å². The number of benzene rings is 2. The Labute approximate surface area is 180 Å². The summed E-state index contributed by atoms with van der Waals surface area (Å²) < 4.78 is 10.4. The molecule has 2 fully saturated rings. The van der Waals surface area contributed by atoms with Crippen molar-refractivity contribution in [1.29, 1.82) is 0 Å². The van der Waals surface area contributed by atoms with E-state index >= 15 is 0 Å². The van der Waals surface area contributed by atoms with Gasteiger partial charge in [-0.3, -0.25) is 9.89 Å². The number of carbonyl (C=O) groups is 1. The minimum absolute atomic E-state index is 0.277. The van der Waals surface area contributed by atoms with Gasteiger partial charge >= 0.3 is 5.97 Å². The van der Waals surface area contributed by atoms with Crippen LogP contribution >= 0.6 is 23.2 Å². The Morgan fingerprint density at radius 3 is 2.00 bits per heavy atom. The molecule has 0 N–H and O–H groups in total. The van der Waals surface area contributed by atoms with Gasteiger partial charge in [0.2, 0.25) is 0 Å². The molecule has 0 bridgehead atoms. The minimum Gasteiger partial charge on any atom is -0.467 e. The standard InChI is InChI=1S/C22H22Cl2N2O3/c1-28-21(27)19(10-26-11-22(12-26)13-29-14-22)25-20(15-2-6-17(23)7-3-15)16-4-8-18(24)9-5-16/h2-9,19H,10-14H2,1H3. The summed E-state index contributed by atoms with van der Waals surface area (Å²) in [4.78, 5) is 19.6. The van der Waals surface area contributed by atoms with E-state index < -0.39 is 6.04 Å². The van der Waals surface area contributed by atoms with Gasteiger partial charge in [-0.05, 0) is 24.3 Å². The van der Waals surface area contributed by atoms with E-state index in [1.807, 2.05) is 48.5 Å². The Morgan fingerprint density at radius 1 is 1.07 bits per heavy atom. The lowest BCUT2D eigenvalue weighted by atomic mass is 9.78. The van der Waals surface area contributed by atoms with Crippen LogP contribution in [0.15, 0.2) is 53.5 Å². The lowest BCUT2D eigenvalue weighted by Crippen LogP contribution is -2.67. The molecule has 2 aliphatic rings. The number of hydrogen-bond acceptors (Lipinski definition) is 5. The maximum atomic E-state index is 12.5. The Kier molecular flexibility index (Phi) is 5.93. The van der Waals surface area contributed by atoms with Crippen LogP contribution in [0.2, 0.25) is 10.0 Å². The molecule has 2 aliphatic heterocycles. The van der Waals surface area contributed by atoms with Gasteiger partial charge < -0.3 is 9.47 Å².